The summed E-state index contributed by atoms with van der Waals surface area (Å²) in [4.78, 5) is 46.4. The van der Waals surface area contributed by atoms with Gasteiger partial charge in [0.25, 0.3) is 0 Å². The Kier molecular flexibility index (Phi) is 6.90. The Bertz CT molecular complexity index is 868. The maximum absolute atomic E-state index is 11.9. The van der Waals surface area contributed by atoms with E-state index in [0.29, 0.717) is 22.1 Å². The van der Waals surface area contributed by atoms with Crippen LogP contribution in [0, 0.1) is 0 Å². The largest absolute Gasteiger partial charge is 0.339 e. The van der Waals surface area contributed by atoms with Crippen LogP contribution in [0.25, 0.3) is 0 Å². The maximum atomic E-state index is 11.9. The normalized spacial score (nSPS) is 9.85. The van der Waals surface area contributed by atoms with Crippen molar-refractivity contribution >= 4 is 52.3 Å². The highest BCUT2D eigenvalue weighted by Gasteiger charge is 2.15. The first-order valence-electron chi connectivity index (χ1n) is 7.86. The van der Waals surface area contributed by atoms with Crippen molar-refractivity contribution in [2.75, 3.05) is 22.5 Å². The summed E-state index contributed by atoms with van der Waals surface area (Å²) in [6, 6.07) is 12.8. The summed E-state index contributed by atoms with van der Waals surface area (Å²) in [6.07, 6.45) is 0. The Morgan fingerprint density at radius 3 is 2.00 bits per heavy atom. The Morgan fingerprint density at radius 1 is 0.815 bits per heavy atom. The van der Waals surface area contributed by atoms with Gasteiger partial charge in [-0.05, 0) is 36.4 Å². The summed E-state index contributed by atoms with van der Waals surface area (Å²) < 4.78 is 0. The summed E-state index contributed by atoms with van der Waals surface area (Å²) in [5.41, 5.74) is 1.33. The minimum absolute atomic E-state index is 0.221. The Morgan fingerprint density at radius 2 is 1.41 bits per heavy atom. The molecule has 4 amide bonds. The van der Waals surface area contributed by atoms with Crippen LogP contribution in [0.2, 0.25) is 5.02 Å². The fourth-order valence-electron chi connectivity index (χ4n) is 2.03. The van der Waals surface area contributed by atoms with E-state index in [0.717, 1.165) is 0 Å². The molecule has 0 radical (unpaired) electrons. The second kappa shape index (κ2) is 9.35. The Balaban J connectivity index is 1.81. The summed E-state index contributed by atoms with van der Waals surface area (Å²) >= 11 is 5.92. The van der Waals surface area contributed by atoms with Crippen LogP contribution in [0.5, 0.6) is 0 Å². The number of benzene rings is 2. The number of hydrogen-bond acceptors (Lipinski definition) is 4. The van der Waals surface area contributed by atoms with Gasteiger partial charge in [-0.2, -0.15) is 0 Å². The summed E-state index contributed by atoms with van der Waals surface area (Å²) in [5.74, 6) is -2.63. The predicted molar refractivity (Wildman–Crippen MR) is 102 cm³/mol. The molecule has 9 heteroatoms. The van der Waals surface area contributed by atoms with Crippen LogP contribution in [-0.4, -0.2) is 30.2 Å². The van der Waals surface area contributed by atoms with Crippen molar-refractivity contribution in [3.8, 4) is 0 Å². The van der Waals surface area contributed by atoms with Gasteiger partial charge in [-0.3, -0.25) is 19.2 Å². The highest BCUT2D eigenvalue weighted by atomic mass is 35.5. The van der Waals surface area contributed by atoms with Crippen LogP contribution in [0.3, 0.4) is 0 Å². The topological polar surface area (TPSA) is 116 Å². The van der Waals surface area contributed by atoms with Crippen molar-refractivity contribution in [1.82, 2.24) is 5.32 Å². The average Bonchev–Trinajstić information content (AvgIpc) is 2.62. The van der Waals surface area contributed by atoms with E-state index >= 15 is 0 Å². The second-order valence-electron chi connectivity index (χ2n) is 5.42. The van der Waals surface area contributed by atoms with Gasteiger partial charge in [0.05, 0.1) is 17.3 Å². The summed E-state index contributed by atoms with van der Waals surface area (Å²) in [5, 5.41) is 10.1. The highest BCUT2D eigenvalue weighted by molar-refractivity contribution is 6.40. The van der Waals surface area contributed by atoms with Crippen LogP contribution in [-0.2, 0) is 19.2 Å². The first-order chi connectivity index (χ1) is 12.8. The molecule has 27 heavy (non-hydrogen) atoms. The number of anilines is 3. The van der Waals surface area contributed by atoms with Crippen molar-refractivity contribution in [3.63, 3.8) is 0 Å². The summed E-state index contributed by atoms with van der Waals surface area (Å²) in [6.45, 7) is 0.987. The molecule has 2 aromatic rings. The molecule has 0 aromatic heterocycles. The maximum Gasteiger partial charge on any atom is 0.313 e. The van der Waals surface area contributed by atoms with Crippen LogP contribution >= 0.6 is 11.6 Å². The van der Waals surface area contributed by atoms with E-state index in [9.17, 15) is 19.2 Å². The van der Waals surface area contributed by atoms with Gasteiger partial charge < -0.3 is 21.3 Å². The lowest BCUT2D eigenvalue weighted by Gasteiger charge is -2.09. The molecular formula is C18H17ClN4O4. The molecule has 0 saturated carbocycles. The van der Waals surface area contributed by atoms with E-state index in [1.165, 1.54) is 19.1 Å². The number of carbonyl (C=O) groups is 4. The van der Waals surface area contributed by atoms with E-state index < -0.39 is 17.7 Å². The molecule has 0 atom stereocenters. The number of nitrogens with one attached hydrogen (secondary N) is 4. The molecule has 0 fully saturated rings. The smallest absolute Gasteiger partial charge is 0.313 e. The lowest BCUT2D eigenvalue weighted by molar-refractivity contribution is -0.136. The van der Waals surface area contributed by atoms with Crippen LogP contribution in [0.4, 0.5) is 17.1 Å². The molecule has 8 nitrogen and oxygen atoms in total. The third kappa shape index (κ3) is 6.44. The third-order valence-electron chi connectivity index (χ3n) is 3.23. The van der Waals surface area contributed by atoms with Gasteiger partial charge in [-0.15, -0.1) is 0 Å². The van der Waals surface area contributed by atoms with Gasteiger partial charge >= 0.3 is 11.8 Å². The van der Waals surface area contributed by atoms with E-state index in [-0.39, 0.29) is 12.5 Å². The number of carbonyl (C=O) groups excluding carboxylic acids is 4. The molecule has 0 saturated heterocycles. The summed E-state index contributed by atoms with van der Waals surface area (Å²) in [7, 11) is 0. The minimum atomic E-state index is -0.963. The standard InChI is InChI=1S/C18H17ClN4O4/c1-11(24)21-12-6-8-13(9-7-12)22-18(27)17(26)20-10-16(25)23-15-5-3-2-4-14(15)19/h2-9H,10H2,1H3,(H,20,26)(H,21,24)(H,22,27)(H,23,25). The van der Waals surface area contributed by atoms with Crippen LogP contribution < -0.4 is 21.3 Å². The molecule has 140 valence electrons. The molecule has 0 bridgehead atoms. The zero-order chi connectivity index (χ0) is 19.8. The van der Waals surface area contributed by atoms with Gasteiger partial charge in [0.15, 0.2) is 0 Å². The van der Waals surface area contributed by atoms with Gasteiger partial charge in [-0.25, -0.2) is 0 Å². The first kappa shape index (κ1) is 19.9. The Hall–Kier alpha value is -3.39. The number of para-hydroxylation sites is 1. The van der Waals surface area contributed by atoms with E-state index in [2.05, 4.69) is 21.3 Å². The van der Waals surface area contributed by atoms with Crippen LogP contribution in [0.1, 0.15) is 6.92 Å². The molecule has 2 aromatic carbocycles. The highest BCUT2D eigenvalue weighted by Crippen LogP contribution is 2.20. The number of rotatable bonds is 5. The molecule has 0 heterocycles. The average molecular weight is 389 g/mol. The van der Waals surface area contributed by atoms with Crippen molar-refractivity contribution in [2.45, 2.75) is 6.92 Å². The lowest BCUT2D eigenvalue weighted by atomic mass is 10.2. The minimum Gasteiger partial charge on any atom is -0.339 e. The van der Waals surface area contributed by atoms with Crippen molar-refractivity contribution in [2.24, 2.45) is 0 Å². The van der Waals surface area contributed by atoms with Gasteiger partial charge in [-0.1, -0.05) is 23.7 Å². The SMILES string of the molecule is CC(=O)Nc1ccc(NC(=O)C(=O)NCC(=O)Nc2ccccc2Cl)cc1. The molecule has 0 spiro atoms. The van der Waals surface area contributed by atoms with Crippen LogP contribution in [0.15, 0.2) is 48.5 Å². The number of halogens is 1. The van der Waals surface area contributed by atoms with Gasteiger partial charge in [0, 0.05) is 18.3 Å². The van der Waals surface area contributed by atoms with Crippen molar-refractivity contribution < 1.29 is 19.2 Å². The monoisotopic (exact) mass is 388 g/mol. The molecule has 0 aliphatic rings. The zero-order valence-corrected chi connectivity index (χ0v) is 15.1. The number of amides is 4. The molecule has 0 aliphatic heterocycles. The predicted octanol–water partition coefficient (Wildman–Crippen LogP) is 1.99. The fourth-order valence-corrected chi connectivity index (χ4v) is 2.21. The lowest BCUT2D eigenvalue weighted by Crippen LogP contribution is -2.39. The van der Waals surface area contributed by atoms with E-state index in [4.69, 9.17) is 11.6 Å². The van der Waals surface area contributed by atoms with Crippen molar-refractivity contribution in [3.05, 3.63) is 53.6 Å². The fraction of sp³-hybridized carbons (Fsp3) is 0.111. The van der Waals surface area contributed by atoms with Gasteiger partial charge in [0.1, 0.15) is 0 Å². The quantitative estimate of drug-likeness (QED) is 0.586. The second-order valence-corrected chi connectivity index (χ2v) is 5.83. The third-order valence-corrected chi connectivity index (χ3v) is 3.56. The first-order valence-corrected chi connectivity index (χ1v) is 8.24. The molecule has 4 N–H and O–H groups in total. The Labute approximate surface area is 160 Å². The van der Waals surface area contributed by atoms with Crippen molar-refractivity contribution in [1.29, 1.82) is 0 Å². The van der Waals surface area contributed by atoms with E-state index in [1.807, 2.05) is 0 Å². The molecule has 2 rings (SSSR count). The zero-order valence-electron chi connectivity index (χ0n) is 14.3. The molecule has 0 unspecified atom stereocenters. The number of hydrogen-bond donors (Lipinski definition) is 4. The molecular weight excluding hydrogens is 372 g/mol. The van der Waals surface area contributed by atoms with Gasteiger partial charge in [0.2, 0.25) is 11.8 Å². The van der Waals surface area contributed by atoms with E-state index in [1.54, 1.807) is 36.4 Å². The molecule has 0 aliphatic carbocycles.